The average Bonchev–Trinajstić information content (AvgIpc) is 2.81. The first-order valence-electron chi connectivity index (χ1n) is 11.4. The van der Waals surface area contributed by atoms with Crippen LogP contribution in [-0.2, 0) is 14.3 Å². The predicted molar refractivity (Wildman–Crippen MR) is 137 cm³/mol. The van der Waals surface area contributed by atoms with Gasteiger partial charge >= 0.3 is 6.09 Å². The lowest BCUT2D eigenvalue weighted by molar-refractivity contribution is -0.118. The van der Waals surface area contributed by atoms with Gasteiger partial charge in [-0.2, -0.15) is 0 Å². The molecule has 2 atom stereocenters. The lowest BCUT2D eigenvalue weighted by Gasteiger charge is -2.23. The maximum atomic E-state index is 13.9. The second-order valence-electron chi connectivity index (χ2n) is 9.21. The standard InChI is InChI=1S/C26H28ClFN4O5/c1-26(2,3)37-25(35)32-22(16-6-5-7-17(27)10-16)24(34)31-21-11-15(8-9-29-21)20(14-36-4)19-12-18(28)13-30-23(19)33/h5-13,20,22H,14H2,1-4H3,(H,30,33)(H,32,35)(H,29,31,34)/t20-,22+/m1/s1. The van der Waals surface area contributed by atoms with Crippen LogP contribution < -0.4 is 16.2 Å². The first-order valence-corrected chi connectivity index (χ1v) is 11.7. The second kappa shape index (κ2) is 12.0. The third kappa shape index (κ3) is 7.86. The third-order valence-electron chi connectivity index (χ3n) is 5.15. The highest BCUT2D eigenvalue weighted by Crippen LogP contribution is 2.26. The van der Waals surface area contributed by atoms with E-state index in [9.17, 15) is 18.8 Å². The van der Waals surface area contributed by atoms with Crippen LogP contribution in [0.3, 0.4) is 0 Å². The molecule has 0 saturated carbocycles. The topological polar surface area (TPSA) is 122 Å². The molecule has 0 fully saturated rings. The summed E-state index contributed by atoms with van der Waals surface area (Å²) in [6.07, 6.45) is 1.62. The zero-order valence-electron chi connectivity index (χ0n) is 20.8. The van der Waals surface area contributed by atoms with E-state index in [1.54, 1.807) is 57.2 Å². The van der Waals surface area contributed by atoms with E-state index in [-0.39, 0.29) is 18.0 Å². The van der Waals surface area contributed by atoms with Gasteiger partial charge in [-0.05, 0) is 62.2 Å². The lowest BCUT2D eigenvalue weighted by atomic mass is 9.93. The molecule has 2 amide bonds. The molecule has 2 heterocycles. The van der Waals surface area contributed by atoms with Crippen molar-refractivity contribution in [3.8, 4) is 0 Å². The number of benzene rings is 1. The van der Waals surface area contributed by atoms with Crippen molar-refractivity contribution in [2.45, 2.75) is 38.3 Å². The van der Waals surface area contributed by atoms with Gasteiger partial charge in [-0.1, -0.05) is 23.7 Å². The Kier molecular flexibility index (Phi) is 9.01. The minimum atomic E-state index is -1.15. The number of halogens is 2. The highest BCUT2D eigenvalue weighted by molar-refractivity contribution is 6.30. The van der Waals surface area contributed by atoms with Gasteiger partial charge in [0.25, 0.3) is 11.5 Å². The van der Waals surface area contributed by atoms with Gasteiger partial charge in [0.05, 0.1) is 6.61 Å². The molecule has 3 aromatic rings. The SMILES string of the molecule is COC[C@H](c1ccnc(NC(=O)[C@@H](NC(=O)OC(C)(C)C)c2cccc(Cl)c2)c1)c1cc(F)c[nH]c1=O. The Hall–Kier alpha value is -3.76. The summed E-state index contributed by atoms with van der Waals surface area (Å²) in [5, 5.41) is 5.63. The molecule has 0 aliphatic heterocycles. The fraction of sp³-hybridized carbons (Fsp3) is 0.308. The van der Waals surface area contributed by atoms with E-state index in [1.165, 1.54) is 13.3 Å². The van der Waals surface area contributed by atoms with Crippen LogP contribution in [0.1, 0.15) is 49.4 Å². The van der Waals surface area contributed by atoms with Gasteiger partial charge in [-0.15, -0.1) is 0 Å². The highest BCUT2D eigenvalue weighted by atomic mass is 35.5. The Labute approximate surface area is 218 Å². The zero-order valence-corrected chi connectivity index (χ0v) is 21.6. The van der Waals surface area contributed by atoms with Crippen molar-refractivity contribution in [3.63, 3.8) is 0 Å². The summed E-state index contributed by atoms with van der Waals surface area (Å²) in [5.41, 5.74) is -0.0964. The maximum Gasteiger partial charge on any atom is 0.408 e. The molecule has 196 valence electrons. The lowest BCUT2D eigenvalue weighted by Crippen LogP contribution is -2.40. The van der Waals surface area contributed by atoms with Gasteiger partial charge in [-0.3, -0.25) is 9.59 Å². The molecule has 11 heteroatoms. The molecule has 0 aliphatic rings. The number of H-pyrrole nitrogens is 1. The number of carbonyl (C=O) groups excluding carboxylic acids is 2. The van der Waals surface area contributed by atoms with Crippen molar-refractivity contribution in [1.82, 2.24) is 15.3 Å². The molecule has 2 aromatic heterocycles. The number of hydrogen-bond acceptors (Lipinski definition) is 6. The van der Waals surface area contributed by atoms with Crippen molar-refractivity contribution in [2.24, 2.45) is 0 Å². The molecule has 0 unspecified atom stereocenters. The number of pyridine rings is 2. The number of aromatic amines is 1. The van der Waals surface area contributed by atoms with Crippen molar-refractivity contribution in [2.75, 3.05) is 19.0 Å². The summed E-state index contributed by atoms with van der Waals surface area (Å²) < 4.78 is 24.4. The van der Waals surface area contributed by atoms with Crippen molar-refractivity contribution in [3.05, 3.63) is 92.7 Å². The molecule has 3 N–H and O–H groups in total. The Morgan fingerprint density at radius 3 is 2.59 bits per heavy atom. The molecule has 0 spiro atoms. The fourth-order valence-electron chi connectivity index (χ4n) is 3.61. The van der Waals surface area contributed by atoms with E-state index in [2.05, 4.69) is 20.6 Å². The van der Waals surface area contributed by atoms with Crippen LogP contribution in [-0.4, -0.2) is 41.3 Å². The Morgan fingerprint density at radius 2 is 1.92 bits per heavy atom. The summed E-state index contributed by atoms with van der Waals surface area (Å²) >= 11 is 6.11. The number of methoxy groups -OCH3 is 1. The van der Waals surface area contributed by atoms with E-state index in [0.29, 0.717) is 16.1 Å². The third-order valence-corrected chi connectivity index (χ3v) is 5.38. The summed E-state index contributed by atoms with van der Waals surface area (Å²) in [5.74, 6) is -1.69. The number of amides is 2. The summed E-state index contributed by atoms with van der Waals surface area (Å²) in [6, 6.07) is 9.66. The molecule has 0 aliphatic carbocycles. The van der Waals surface area contributed by atoms with Gasteiger partial charge in [0.1, 0.15) is 23.3 Å². The van der Waals surface area contributed by atoms with Crippen molar-refractivity contribution < 1.29 is 23.5 Å². The maximum absolute atomic E-state index is 13.9. The van der Waals surface area contributed by atoms with Crippen LogP contribution in [0.2, 0.25) is 5.02 Å². The van der Waals surface area contributed by atoms with E-state index >= 15 is 0 Å². The molecule has 37 heavy (non-hydrogen) atoms. The van der Waals surface area contributed by atoms with E-state index in [0.717, 1.165) is 12.3 Å². The Morgan fingerprint density at radius 1 is 1.16 bits per heavy atom. The van der Waals surface area contributed by atoms with Gasteiger partial charge in [0.15, 0.2) is 0 Å². The number of hydrogen-bond donors (Lipinski definition) is 3. The first kappa shape index (κ1) is 27.8. The molecule has 0 saturated heterocycles. The van der Waals surface area contributed by atoms with Gasteiger partial charge in [-0.25, -0.2) is 14.2 Å². The number of rotatable bonds is 8. The van der Waals surface area contributed by atoms with Crippen LogP contribution >= 0.6 is 11.6 Å². The number of nitrogens with zero attached hydrogens (tertiary/aromatic N) is 1. The number of ether oxygens (including phenoxy) is 2. The van der Waals surface area contributed by atoms with Crippen LogP contribution in [0.5, 0.6) is 0 Å². The quantitative estimate of drug-likeness (QED) is 0.393. The van der Waals surface area contributed by atoms with Crippen molar-refractivity contribution >= 4 is 29.4 Å². The molecule has 1 aromatic carbocycles. The summed E-state index contributed by atoms with van der Waals surface area (Å²) in [4.78, 5) is 44.7. The summed E-state index contributed by atoms with van der Waals surface area (Å²) in [7, 11) is 1.46. The fourth-order valence-corrected chi connectivity index (χ4v) is 3.81. The number of nitrogens with one attached hydrogen (secondary N) is 3. The van der Waals surface area contributed by atoms with Crippen LogP contribution in [0.15, 0.2) is 59.7 Å². The Bertz CT molecular complexity index is 1320. The number of aromatic nitrogens is 2. The van der Waals surface area contributed by atoms with Crippen LogP contribution in [0.4, 0.5) is 15.0 Å². The molecule has 0 bridgehead atoms. The van der Waals surface area contributed by atoms with Crippen LogP contribution in [0.25, 0.3) is 0 Å². The number of alkyl carbamates (subject to hydrolysis) is 1. The summed E-state index contributed by atoms with van der Waals surface area (Å²) in [6.45, 7) is 5.19. The largest absolute Gasteiger partial charge is 0.444 e. The minimum Gasteiger partial charge on any atom is -0.444 e. The van der Waals surface area contributed by atoms with Gasteiger partial charge in [0, 0.05) is 36.0 Å². The van der Waals surface area contributed by atoms with Gasteiger partial charge < -0.3 is 25.1 Å². The van der Waals surface area contributed by atoms with Gasteiger partial charge in [0.2, 0.25) is 0 Å². The highest BCUT2D eigenvalue weighted by Gasteiger charge is 2.27. The first-order chi connectivity index (χ1) is 17.5. The number of anilines is 1. The van der Waals surface area contributed by atoms with E-state index in [4.69, 9.17) is 21.1 Å². The monoisotopic (exact) mass is 530 g/mol. The molecule has 0 radical (unpaired) electrons. The minimum absolute atomic E-state index is 0.0786. The molecule has 3 rings (SSSR count). The predicted octanol–water partition coefficient (Wildman–Crippen LogP) is 4.55. The average molecular weight is 531 g/mol. The normalized spacial score (nSPS) is 12.9. The van der Waals surface area contributed by atoms with E-state index in [1.807, 2.05) is 0 Å². The molecular weight excluding hydrogens is 503 g/mol. The molecule has 9 nitrogen and oxygen atoms in total. The van der Waals surface area contributed by atoms with E-state index < -0.39 is 40.9 Å². The van der Waals surface area contributed by atoms with Crippen LogP contribution in [0, 0.1) is 5.82 Å². The number of carbonyl (C=O) groups is 2. The molecular formula is C26H28ClFN4O5. The smallest absolute Gasteiger partial charge is 0.408 e. The second-order valence-corrected chi connectivity index (χ2v) is 9.64. The Balaban J connectivity index is 1.90. The van der Waals surface area contributed by atoms with Crippen molar-refractivity contribution in [1.29, 1.82) is 0 Å². The zero-order chi connectivity index (χ0) is 27.2.